The number of hydrogen-bond donors (Lipinski definition) is 0. The molecule has 3 heterocycles. The third-order valence-corrected chi connectivity index (χ3v) is 5.35. The van der Waals surface area contributed by atoms with Crippen LogP contribution in [0.15, 0.2) is 0 Å². The lowest BCUT2D eigenvalue weighted by molar-refractivity contribution is 0.0963. The van der Waals surface area contributed by atoms with Crippen LogP contribution < -0.4 is 4.90 Å². The second kappa shape index (κ2) is 4.68. The topological polar surface area (TPSA) is 35.5 Å². The summed E-state index contributed by atoms with van der Waals surface area (Å²) in [6, 6.07) is 0.738. The Balaban J connectivity index is 1.31. The van der Waals surface area contributed by atoms with Gasteiger partial charge in [0.25, 0.3) is 0 Å². The smallest absolute Gasteiger partial charge is 0.205 e. The Morgan fingerprint density at radius 2 is 1.84 bits per heavy atom. The van der Waals surface area contributed by atoms with Crippen LogP contribution >= 0.6 is 11.5 Å². The molecule has 1 aromatic rings. The molecule has 2 saturated heterocycles. The fourth-order valence-electron chi connectivity index (χ4n) is 2.89. The maximum atomic E-state index is 4.69. The summed E-state index contributed by atoms with van der Waals surface area (Å²) in [6.07, 6.45) is 2.58. The lowest BCUT2D eigenvalue weighted by atomic mass is 10.1. The first-order valence-corrected chi connectivity index (χ1v) is 8.08. The molecule has 0 N–H and O–H groups in total. The zero-order chi connectivity index (χ0) is 12.8. The van der Waals surface area contributed by atoms with Crippen molar-refractivity contribution in [1.82, 2.24) is 19.2 Å². The second-order valence-electron chi connectivity index (χ2n) is 6.11. The van der Waals surface area contributed by atoms with Gasteiger partial charge in [0.15, 0.2) is 0 Å². The molecule has 0 aromatic carbocycles. The van der Waals surface area contributed by atoms with Crippen molar-refractivity contribution in [2.45, 2.75) is 24.8 Å². The van der Waals surface area contributed by atoms with Crippen molar-refractivity contribution in [2.24, 2.45) is 0 Å². The van der Waals surface area contributed by atoms with Gasteiger partial charge >= 0.3 is 0 Å². The molecule has 5 nitrogen and oxygen atoms in total. The molecule has 104 valence electrons. The lowest BCUT2D eigenvalue weighted by Crippen LogP contribution is -2.63. The molecule has 1 aliphatic carbocycles. The number of anilines is 1. The second-order valence-corrected chi connectivity index (χ2v) is 6.84. The van der Waals surface area contributed by atoms with Crippen LogP contribution in [-0.2, 0) is 0 Å². The van der Waals surface area contributed by atoms with Crippen molar-refractivity contribution < 1.29 is 0 Å². The first-order chi connectivity index (χ1) is 9.29. The van der Waals surface area contributed by atoms with Crippen molar-refractivity contribution >= 4 is 16.7 Å². The number of hydrogen-bond acceptors (Lipinski definition) is 6. The monoisotopic (exact) mass is 279 g/mol. The highest BCUT2D eigenvalue weighted by Gasteiger charge is 2.36. The molecule has 0 unspecified atom stereocenters. The van der Waals surface area contributed by atoms with Gasteiger partial charge in [-0.15, -0.1) is 0 Å². The Morgan fingerprint density at radius 1 is 1.11 bits per heavy atom. The van der Waals surface area contributed by atoms with E-state index in [1.54, 1.807) is 11.5 Å². The van der Waals surface area contributed by atoms with Gasteiger partial charge in [-0.3, -0.25) is 4.90 Å². The lowest BCUT2D eigenvalue weighted by Gasteiger charge is -2.47. The van der Waals surface area contributed by atoms with Crippen LogP contribution in [0.5, 0.6) is 0 Å². The maximum Gasteiger partial charge on any atom is 0.205 e. The molecular formula is C13H21N5S. The van der Waals surface area contributed by atoms with Crippen LogP contribution in [-0.4, -0.2) is 71.5 Å². The van der Waals surface area contributed by atoms with Gasteiger partial charge in [0.05, 0.1) is 0 Å². The summed E-state index contributed by atoms with van der Waals surface area (Å²) in [6.45, 7) is 7.14. The number of rotatable bonds is 3. The van der Waals surface area contributed by atoms with E-state index in [9.17, 15) is 0 Å². The summed E-state index contributed by atoms with van der Waals surface area (Å²) < 4.78 is 4.50. The fourth-order valence-corrected chi connectivity index (χ4v) is 3.66. The zero-order valence-electron chi connectivity index (χ0n) is 11.5. The predicted molar refractivity (Wildman–Crippen MR) is 77.0 cm³/mol. The van der Waals surface area contributed by atoms with Crippen LogP contribution in [0.25, 0.3) is 0 Å². The Bertz CT molecular complexity index is 444. The first-order valence-electron chi connectivity index (χ1n) is 7.31. The van der Waals surface area contributed by atoms with Gasteiger partial charge in [-0.25, -0.2) is 4.98 Å². The van der Waals surface area contributed by atoms with Crippen LogP contribution in [0.2, 0.25) is 0 Å². The minimum atomic E-state index is 0.680. The molecule has 19 heavy (non-hydrogen) atoms. The van der Waals surface area contributed by atoms with Gasteiger partial charge in [-0.05, 0) is 19.9 Å². The molecule has 3 aliphatic rings. The molecular weight excluding hydrogens is 258 g/mol. The Hall–Kier alpha value is -0.720. The van der Waals surface area contributed by atoms with Gasteiger partial charge < -0.3 is 9.80 Å². The van der Waals surface area contributed by atoms with Crippen LogP contribution in [0.3, 0.4) is 0 Å². The van der Waals surface area contributed by atoms with Gasteiger partial charge in [-0.1, -0.05) is 0 Å². The van der Waals surface area contributed by atoms with Crippen molar-refractivity contribution in [2.75, 3.05) is 51.2 Å². The summed E-state index contributed by atoms with van der Waals surface area (Å²) in [5.41, 5.74) is 0. The molecule has 0 amide bonds. The molecule has 1 aromatic heterocycles. The van der Waals surface area contributed by atoms with Crippen molar-refractivity contribution in [3.05, 3.63) is 5.82 Å². The molecule has 4 rings (SSSR count). The number of aromatic nitrogens is 2. The fraction of sp³-hybridized carbons (Fsp3) is 0.846. The highest BCUT2D eigenvalue weighted by Crippen LogP contribution is 2.40. The van der Waals surface area contributed by atoms with E-state index in [2.05, 4.69) is 26.1 Å². The quantitative estimate of drug-likeness (QED) is 0.820. The molecule has 6 heteroatoms. The van der Waals surface area contributed by atoms with E-state index >= 15 is 0 Å². The van der Waals surface area contributed by atoms with E-state index < -0.39 is 0 Å². The van der Waals surface area contributed by atoms with E-state index in [0.29, 0.717) is 5.92 Å². The molecule has 0 spiro atoms. The molecule has 0 atom stereocenters. The summed E-state index contributed by atoms with van der Waals surface area (Å²) in [7, 11) is 2.21. The molecule has 0 radical (unpaired) electrons. The SMILES string of the molecule is CN1CCN(C2CN(c3nc(C4CC4)ns3)C2)CC1. The predicted octanol–water partition coefficient (Wildman–Crippen LogP) is 0.851. The molecule has 0 bridgehead atoms. The molecule has 1 saturated carbocycles. The minimum absolute atomic E-state index is 0.680. The van der Waals surface area contributed by atoms with E-state index in [1.165, 1.54) is 39.0 Å². The summed E-state index contributed by atoms with van der Waals surface area (Å²) in [5, 5.41) is 1.15. The highest BCUT2D eigenvalue weighted by molar-refractivity contribution is 7.09. The standard InChI is InChI=1S/C13H21N5S/c1-16-4-6-17(7-5-16)11-8-18(9-11)13-14-12(15-19-13)10-2-3-10/h10-11H,2-9H2,1H3. The average Bonchev–Trinajstić information content (AvgIpc) is 3.10. The molecule has 2 aliphatic heterocycles. The van der Waals surface area contributed by atoms with Gasteiger partial charge in [0.2, 0.25) is 5.13 Å². The summed E-state index contributed by atoms with van der Waals surface area (Å²) >= 11 is 1.59. The number of likely N-dealkylation sites (N-methyl/N-ethyl adjacent to an activating group) is 1. The van der Waals surface area contributed by atoms with Gasteiger partial charge in [0, 0.05) is 62.8 Å². The van der Waals surface area contributed by atoms with Crippen LogP contribution in [0.4, 0.5) is 5.13 Å². The molecule has 3 fully saturated rings. The Morgan fingerprint density at radius 3 is 2.53 bits per heavy atom. The Kier molecular flexibility index (Phi) is 2.97. The van der Waals surface area contributed by atoms with Crippen molar-refractivity contribution in [3.63, 3.8) is 0 Å². The van der Waals surface area contributed by atoms with Crippen molar-refractivity contribution in [3.8, 4) is 0 Å². The van der Waals surface area contributed by atoms with Crippen LogP contribution in [0, 0.1) is 0 Å². The summed E-state index contributed by atoms with van der Waals surface area (Å²) in [5.74, 6) is 1.78. The third-order valence-electron chi connectivity index (χ3n) is 4.56. The van der Waals surface area contributed by atoms with E-state index in [-0.39, 0.29) is 0 Å². The third kappa shape index (κ3) is 2.37. The van der Waals surface area contributed by atoms with Crippen molar-refractivity contribution in [1.29, 1.82) is 0 Å². The normalized spacial score (nSPS) is 26.7. The maximum absolute atomic E-state index is 4.69. The number of piperazine rings is 1. The summed E-state index contributed by atoms with van der Waals surface area (Å²) in [4.78, 5) is 12.1. The van der Waals surface area contributed by atoms with Gasteiger partial charge in [0.1, 0.15) is 5.82 Å². The van der Waals surface area contributed by atoms with E-state index in [4.69, 9.17) is 4.98 Å². The van der Waals surface area contributed by atoms with Crippen LogP contribution in [0.1, 0.15) is 24.6 Å². The average molecular weight is 279 g/mol. The first kappa shape index (κ1) is 12.1. The minimum Gasteiger partial charge on any atom is -0.344 e. The van der Waals surface area contributed by atoms with E-state index in [0.717, 1.165) is 30.1 Å². The number of nitrogens with zero attached hydrogens (tertiary/aromatic N) is 5. The zero-order valence-corrected chi connectivity index (χ0v) is 12.3. The largest absolute Gasteiger partial charge is 0.344 e. The van der Waals surface area contributed by atoms with Gasteiger partial charge in [-0.2, -0.15) is 4.37 Å². The van der Waals surface area contributed by atoms with E-state index in [1.807, 2.05) is 0 Å². The Labute approximate surface area is 118 Å². The highest BCUT2D eigenvalue weighted by atomic mass is 32.1.